The molecule has 1 aromatic carbocycles. The highest BCUT2D eigenvalue weighted by Gasteiger charge is 2.30. The van der Waals surface area contributed by atoms with Gasteiger partial charge in [-0.3, -0.25) is 9.69 Å². The molecule has 2 rings (SSSR count). The van der Waals surface area contributed by atoms with Gasteiger partial charge in [0.15, 0.2) is 17.5 Å². The highest BCUT2D eigenvalue weighted by atomic mass is 19.2. The van der Waals surface area contributed by atoms with Crippen molar-refractivity contribution in [2.75, 3.05) is 26.2 Å². The van der Waals surface area contributed by atoms with E-state index in [1.807, 2.05) is 0 Å². The third-order valence-corrected chi connectivity index (χ3v) is 3.78. The van der Waals surface area contributed by atoms with Crippen molar-refractivity contribution in [2.45, 2.75) is 26.3 Å². The van der Waals surface area contributed by atoms with E-state index in [1.54, 1.807) is 0 Å². The molecule has 0 bridgehead atoms. The molecule has 1 aliphatic heterocycles. The van der Waals surface area contributed by atoms with Crippen molar-refractivity contribution < 1.29 is 18.0 Å². The maximum Gasteiger partial charge on any atom is 0.257 e. The van der Waals surface area contributed by atoms with Gasteiger partial charge in [0.05, 0.1) is 5.56 Å². The van der Waals surface area contributed by atoms with E-state index in [9.17, 15) is 18.0 Å². The summed E-state index contributed by atoms with van der Waals surface area (Å²) in [6, 6.07) is 1.77. The van der Waals surface area contributed by atoms with Gasteiger partial charge in [-0.1, -0.05) is 0 Å². The molecule has 0 atom stereocenters. The van der Waals surface area contributed by atoms with Crippen LogP contribution in [0.2, 0.25) is 0 Å². The number of piperazine rings is 1. The van der Waals surface area contributed by atoms with Crippen LogP contribution < -0.4 is 0 Å². The van der Waals surface area contributed by atoms with Crippen molar-refractivity contribution in [2.24, 2.45) is 0 Å². The van der Waals surface area contributed by atoms with Crippen molar-refractivity contribution in [3.05, 3.63) is 35.1 Å². The fraction of sp³-hybridized carbons (Fsp3) is 0.533. The molecule has 0 spiro atoms. The molecule has 0 radical (unpaired) electrons. The summed E-state index contributed by atoms with van der Waals surface area (Å²) in [6.07, 6.45) is 0. The molecular weight excluding hydrogens is 281 g/mol. The van der Waals surface area contributed by atoms with Crippen molar-refractivity contribution >= 4 is 5.91 Å². The number of carbonyl (C=O) groups is 1. The predicted octanol–water partition coefficient (Wildman–Crippen LogP) is 2.66. The molecule has 1 amide bonds. The quantitative estimate of drug-likeness (QED) is 0.745. The van der Waals surface area contributed by atoms with E-state index in [0.717, 1.165) is 12.1 Å². The monoisotopic (exact) mass is 300 g/mol. The summed E-state index contributed by atoms with van der Waals surface area (Å²) < 4.78 is 39.8. The van der Waals surface area contributed by atoms with Crippen molar-refractivity contribution in [3.63, 3.8) is 0 Å². The van der Waals surface area contributed by atoms with Gasteiger partial charge in [-0.05, 0) is 32.9 Å². The molecule has 1 saturated heterocycles. The average Bonchev–Trinajstić information content (AvgIpc) is 2.43. The Balaban J connectivity index is 2.11. The van der Waals surface area contributed by atoms with Crippen LogP contribution in [0.4, 0.5) is 13.2 Å². The molecule has 0 aliphatic carbocycles. The predicted molar refractivity (Wildman–Crippen MR) is 73.5 cm³/mol. The van der Waals surface area contributed by atoms with E-state index in [2.05, 4.69) is 25.7 Å². The van der Waals surface area contributed by atoms with Crippen molar-refractivity contribution in [3.8, 4) is 0 Å². The Labute approximate surface area is 122 Å². The maximum absolute atomic E-state index is 13.7. The third-order valence-electron chi connectivity index (χ3n) is 3.78. The zero-order valence-electron chi connectivity index (χ0n) is 12.4. The molecule has 0 unspecified atom stereocenters. The second-order valence-corrected chi connectivity index (χ2v) is 6.17. The summed E-state index contributed by atoms with van der Waals surface area (Å²) in [5, 5.41) is 0. The minimum Gasteiger partial charge on any atom is -0.336 e. The average molecular weight is 300 g/mol. The lowest BCUT2D eigenvalue weighted by atomic mass is 10.0. The highest BCUT2D eigenvalue weighted by molar-refractivity contribution is 5.94. The highest BCUT2D eigenvalue weighted by Crippen LogP contribution is 2.20. The zero-order valence-corrected chi connectivity index (χ0v) is 12.4. The van der Waals surface area contributed by atoms with Crippen molar-refractivity contribution in [1.82, 2.24) is 9.80 Å². The number of halogens is 3. The van der Waals surface area contributed by atoms with Gasteiger partial charge in [0.2, 0.25) is 0 Å². The molecule has 6 heteroatoms. The number of amides is 1. The summed E-state index contributed by atoms with van der Waals surface area (Å²) in [7, 11) is 0. The van der Waals surface area contributed by atoms with Crippen LogP contribution in [0.5, 0.6) is 0 Å². The molecule has 116 valence electrons. The van der Waals surface area contributed by atoms with E-state index < -0.39 is 28.9 Å². The zero-order chi connectivity index (χ0) is 15.8. The van der Waals surface area contributed by atoms with E-state index in [4.69, 9.17) is 0 Å². The van der Waals surface area contributed by atoms with Gasteiger partial charge in [-0.2, -0.15) is 0 Å². The molecule has 3 nitrogen and oxygen atoms in total. The van der Waals surface area contributed by atoms with E-state index in [-0.39, 0.29) is 5.54 Å². The molecule has 0 aromatic heterocycles. The molecule has 1 heterocycles. The number of rotatable bonds is 1. The summed E-state index contributed by atoms with van der Waals surface area (Å²) in [6.45, 7) is 8.46. The number of hydrogen-bond acceptors (Lipinski definition) is 2. The Morgan fingerprint density at radius 1 is 1.00 bits per heavy atom. The van der Waals surface area contributed by atoms with Gasteiger partial charge in [-0.15, -0.1) is 0 Å². The van der Waals surface area contributed by atoms with Crippen LogP contribution in [0.25, 0.3) is 0 Å². The Bertz CT molecular complexity index is 547. The van der Waals surface area contributed by atoms with Crippen LogP contribution in [0, 0.1) is 17.5 Å². The fourth-order valence-corrected chi connectivity index (χ4v) is 2.44. The van der Waals surface area contributed by atoms with Crippen LogP contribution >= 0.6 is 0 Å². The molecule has 0 N–H and O–H groups in total. The minimum absolute atomic E-state index is 0.00235. The van der Waals surface area contributed by atoms with E-state index in [1.165, 1.54) is 4.90 Å². The van der Waals surface area contributed by atoms with E-state index >= 15 is 0 Å². The fourth-order valence-electron chi connectivity index (χ4n) is 2.44. The van der Waals surface area contributed by atoms with Gasteiger partial charge >= 0.3 is 0 Å². The smallest absolute Gasteiger partial charge is 0.257 e. The summed E-state index contributed by atoms with van der Waals surface area (Å²) in [5.41, 5.74) is -0.416. The van der Waals surface area contributed by atoms with Gasteiger partial charge < -0.3 is 4.90 Å². The lowest BCUT2D eigenvalue weighted by Gasteiger charge is -2.42. The molecule has 21 heavy (non-hydrogen) atoms. The van der Waals surface area contributed by atoms with Gasteiger partial charge in [-0.25, -0.2) is 13.2 Å². The topological polar surface area (TPSA) is 23.6 Å². The van der Waals surface area contributed by atoms with Crippen LogP contribution in [-0.2, 0) is 0 Å². The first-order valence-corrected chi connectivity index (χ1v) is 6.89. The van der Waals surface area contributed by atoms with E-state index in [0.29, 0.717) is 26.2 Å². The number of nitrogens with zero attached hydrogens (tertiary/aromatic N) is 2. The SMILES string of the molecule is CC(C)(C)N1CCN(C(=O)c2ccc(F)c(F)c2F)CC1. The first-order chi connectivity index (χ1) is 9.71. The maximum atomic E-state index is 13.7. The number of hydrogen-bond donors (Lipinski definition) is 0. The lowest BCUT2D eigenvalue weighted by Crippen LogP contribution is -2.54. The summed E-state index contributed by atoms with van der Waals surface area (Å²) in [4.78, 5) is 15.9. The van der Waals surface area contributed by atoms with Crippen LogP contribution in [0.1, 0.15) is 31.1 Å². The van der Waals surface area contributed by atoms with Gasteiger partial charge in [0, 0.05) is 31.7 Å². The molecular formula is C15H19F3N2O. The van der Waals surface area contributed by atoms with Gasteiger partial charge in [0.1, 0.15) is 0 Å². The standard InChI is InChI=1S/C15H19F3N2O/c1-15(2,3)20-8-6-19(7-9-20)14(21)10-4-5-11(16)13(18)12(10)17/h4-5H,6-9H2,1-3H3. The normalized spacial score (nSPS) is 17.1. The van der Waals surface area contributed by atoms with Crippen LogP contribution in [0.15, 0.2) is 12.1 Å². The summed E-state index contributed by atoms with van der Waals surface area (Å²) in [5.74, 6) is -4.91. The third kappa shape index (κ3) is 3.20. The first-order valence-electron chi connectivity index (χ1n) is 6.89. The second kappa shape index (κ2) is 5.67. The van der Waals surface area contributed by atoms with Gasteiger partial charge in [0.25, 0.3) is 5.91 Å². The molecule has 1 aromatic rings. The van der Waals surface area contributed by atoms with Crippen LogP contribution in [0.3, 0.4) is 0 Å². The number of benzene rings is 1. The Kier molecular flexibility index (Phi) is 4.27. The first kappa shape index (κ1) is 15.8. The molecule has 0 saturated carbocycles. The van der Waals surface area contributed by atoms with Crippen molar-refractivity contribution in [1.29, 1.82) is 0 Å². The Hall–Kier alpha value is -1.56. The molecule has 1 fully saturated rings. The summed E-state index contributed by atoms with van der Waals surface area (Å²) >= 11 is 0. The Morgan fingerprint density at radius 2 is 1.57 bits per heavy atom. The second-order valence-electron chi connectivity index (χ2n) is 6.17. The largest absolute Gasteiger partial charge is 0.336 e. The lowest BCUT2D eigenvalue weighted by molar-refractivity contribution is 0.0446. The minimum atomic E-state index is -1.60. The Morgan fingerprint density at radius 3 is 2.10 bits per heavy atom. The molecule has 1 aliphatic rings. The van der Waals surface area contributed by atoms with Crippen LogP contribution in [-0.4, -0.2) is 47.4 Å². The number of carbonyl (C=O) groups excluding carboxylic acids is 1.